The van der Waals surface area contributed by atoms with Crippen LogP contribution in [0.25, 0.3) is 0 Å². The van der Waals surface area contributed by atoms with Gasteiger partial charge in [-0.25, -0.2) is 9.18 Å². The summed E-state index contributed by atoms with van der Waals surface area (Å²) in [5.41, 5.74) is 0.418. The van der Waals surface area contributed by atoms with Gasteiger partial charge in [0.05, 0.1) is 31.4 Å². The summed E-state index contributed by atoms with van der Waals surface area (Å²) in [6.07, 6.45) is -0.183. The average Bonchev–Trinajstić information content (AvgIpc) is 2.42. The molecular weight excluding hydrogens is 347 g/mol. The molecule has 1 unspecified atom stereocenters. The molecule has 1 aromatic rings. The van der Waals surface area contributed by atoms with E-state index in [1.165, 1.54) is 23.1 Å². The molecule has 0 radical (unpaired) electrons. The number of carboxylic acids is 1. The second-order valence-corrected chi connectivity index (χ2v) is 5.43. The highest BCUT2D eigenvalue weighted by Gasteiger charge is 2.29. The van der Waals surface area contributed by atoms with Crippen LogP contribution in [0, 0.1) is 5.82 Å². The molecule has 0 saturated carbocycles. The van der Waals surface area contributed by atoms with Crippen LogP contribution in [0.3, 0.4) is 0 Å². The number of urea groups is 1. The number of morpholine rings is 1. The van der Waals surface area contributed by atoms with Crippen LogP contribution in [0.5, 0.6) is 0 Å². The second-order valence-electron chi connectivity index (χ2n) is 4.57. The number of carbonyl (C=O) groups excluding carboxylic acids is 1. The number of hydrogen-bond acceptors (Lipinski definition) is 3. The maximum absolute atomic E-state index is 13.0. The number of aliphatic carboxylic acids is 1. The Morgan fingerprint density at radius 3 is 2.95 bits per heavy atom. The largest absolute Gasteiger partial charge is 0.481 e. The van der Waals surface area contributed by atoms with E-state index < -0.39 is 23.9 Å². The lowest BCUT2D eigenvalue weighted by atomic mass is 10.1. The minimum absolute atomic E-state index is 0.183. The summed E-state index contributed by atoms with van der Waals surface area (Å²) < 4.78 is 18.6. The molecule has 2 amide bonds. The van der Waals surface area contributed by atoms with Crippen LogP contribution < -0.4 is 5.32 Å². The molecule has 0 aliphatic carbocycles. The Kier molecular flexibility index (Phi) is 5.13. The summed E-state index contributed by atoms with van der Waals surface area (Å²) in [5, 5.41) is 11.5. The highest BCUT2D eigenvalue weighted by Crippen LogP contribution is 2.24. The van der Waals surface area contributed by atoms with Crippen LogP contribution in [0.15, 0.2) is 22.7 Å². The lowest BCUT2D eigenvalue weighted by molar-refractivity contribution is -0.139. The number of benzene rings is 1. The van der Waals surface area contributed by atoms with Gasteiger partial charge in [0.1, 0.15) is 5.82 Å². The second kappa shape index (κ2) is 6.86. The zero-order valence-corrected chi connectivity index (χ0v) is 12.6. The van der Waals surface area contributed by atoms with E-state index in [-0.39, 0.29) is 13.0 Å². The third-order valence-corrected chi connectivity index (χ3v) is 3.73. The van der Waals surface area contributed by atoms with Crippen molar-refractivity contribution in [2.75, 3.05) is 25.1 Å². The van der Waals surface area contributed by atoms with E-state index in [4.69, 9.17) is 9.84 Å². The summed E-state index contributed by atoms with van der Waals surface area (Å²) in [6.45, 7) is 0.848. The molecule has 21 heavy (non-hydrogen) atoms. The maximum atomic E-state index is 13.0. The van der Waals surface area contributed by atoms with Crippen molar-refractivity contribution in [2.24, 2.45) is 0 Å². The van der Waals surface area contributed by atoms with Crippen molar-refractivity contribution >= 4 is 33.6 Å². The summed E-state index contributed by atoms with van der Waals surface area (Å²) in [5.74, 6) is -1.42. The van der Waals surface area contributed by atoms with Crippen molar-refractivity contribution in [3.63, 3.8) is 0 Å². The molecule has 0 spiro atoms. The molecular formula is C13H14BrFN2O4. The zero-order valence-electron chi connectivity index (χ0n) is 11.0. The van der Waals surface area contributed by atoms with E-state index in [0.717, 1.165) is 0 Å². The fraction of sp³-hybridized carbons (Fsp3) is 0.385. The molecule has 1 fully saturated rings. The molecule has 6 nitrogen and oxygen atoms in total. The molecule has 114 valence electrons. The molecule has 1 saturated heterocycles. The lowest BCUT2D eigenvalue weighted by Crippen LogP contribution is -2.51. The van der Waals surface area contributed by atoms with E-state index in [0.29, 0.717) is 23.3 Å². The average molecular weight is 361 g/mol. The van der Waals surface area contributed by atoms with Gasteiger partial charge in [-0.1, -0.05) is 0 Å². The van der Waals surface area contributed by atoms with Crippen LogP contribution >= 0.6 is 15.9 Å². The first kappa shape index (κ1) is 15.7. The number of halogens is 2. The third-order valence-electron chi connectivity index (χ3n) is 3.07. The molecule has 2 rings (SSSR count). The number of carboxylic acid groups (broad SMARTS) is 1. The van der Waals surface area contributed by atoms with Crippen molar-refractivity contribution < 1.29 is 23.8 Å². The van der Waals surface area contributed by atoms with Crippen molar-refractivity contribution in [1.29, 1.82) is 0 Å². The van der Waals surface area contributed by atoms with Gasteiger partial charge >= 0.3 is 12.0 Å². The van der Waals surface area contributed by atoms with E-state index in [1.54, 1.807) is 0 Å². The molecule has 2 N–H and O–H groups in total. The van der Waals surface area contributed by atoms with Gasteiger partial charge in [0.25, 0.3) is 0 Å². The van der Waals surface area contributed by atoms with Crippen molar-refractivity contribution in [1.82, 2.24) is 4.90 Å². The number of anilines is 1. The topological polar surface area (TPSA) is 78.9 Å². The summed E-state index contributed by atoms with van der Waals surface area (Å²) in [7, 11) is 0. The standard InChI is InChI=1S/C13H14BrFN2O4/c14-10-5-8(15)1-2-11(10)16-13(20)17-3-4-21-7-9(17)6-12(18)19/h1-2,5,9H,3-4,6-7H2,(H,16,20)(H,18,19). The highest BCUT2D eigenvalue weighted by molar-refractivity contribution is 9.10. The summed E-state index contributed by atoms with van der Waals surface area (Å²) in [6, 6.07) is 2.95. The SMILES string of the molecule is O=C(O)CC1COCCN1C(=O)Nc1ccc(F)cc1Br. The first-order valence-electron chi connectivity index (χ1n) is 6.29. The zero-order chi connectivity index (χ0) is 15.4. The quantitative estimate of drug-likeness (QED) is 0.866. The smallest absolute Gasteiger partial charge is 0.322 e. The van der Waals surface area contributed by atoms with Crippen molar-refractivity contribution in [3.05, 3.63) is 28.5 Å². The third kappa shape index (κ3) is 4.15. The fourth-order valence-electron chi connectivity index (χ4n) is 2.07. The predicted molar refractivity (Wildman–Crippen MR) is 76.7 cm³/mol. The van der Waals surface area contributed by atoms with Gasteiger partial charge in [-0.2, -0.15) is 0 Å². The number of carbonyl (C=O) groups is 2. The Balaban J connectivity index is 2.08. The normalized spacial score (nSPS) is 18.4. The number of amides is 2. The number of rotatable bonds is 3. The van der Waals surface area contributed by atoms with Crippen LogP contribution in [0.4, 0.5) is 14.9 Å². The van der Waals surface area contributed by atoms with Crippen LogP contribution in [0.1, 0.15) is 6.42 Å². The first-order valence-corrected chi connectivity index (χ1v) is 7.09. The van der Waals surface area contributed by atoms with Crippen LogP contribution in [-0.4, -0.2) is 47.8 Å². The Labute approximate surface area is 129 Å². The fourth-order valence-corrected chi connectivity index (χ4v) is 2.52. The van der Waals surface area contributed by atoms with Gasteiger partial charge in [0.15, 0.2) is 0 Å². The van der Waals surface area contributed by atoms with Gasteiger partial charge < -0.3 is 20.1 Å². The van der Waals surface area contributed by atoms with E-state index >= 15 is 0 Å². The van der Waals surface area contributed by atoms with Crippen LogP contribution in [0.2, 0.25) is 0 Å². The number of nitrogens with one attached hydrogen (secondary N) is 1. The Hall–Kier alpha value is -1.67. The van der Waals surface area contributed by atoms with E-state index in [2.05, 4.69) is 21.2 Å². The van der Waals surface area contributed by atoms with Crippen molar-refractivity contribution in [3.8, 4) is 0 Å². The minimum atomic E-state index is -0.994. The van der Waals surface area contributed by atoms with Gasteiger partial charge in [0.2, 0.25) is 0 Å². The molecule has 1 aromatic carbocycles. The molecule has 0 aromatic heterocycles. The summed E-state index contributed by atoms with van der Waals surface area (Å²) >= 11 is 3.16. The van der Waals surface area contributed by atoms with Gasteiger partial charge in [-0.3, -0.25) is 4.79 Å². The summed E-state index contributed by atoms with van der Waals surface area (Å²) in [4.78, 5) is 24.5. The number of hydrogen-bond donors (Lipinski definition) is 2. The monoisotopic (exact) mass is 360 g/mol. The lowest BCUT2D eigenvalue weighted by Gasteiger charge is -2.34. The molecule has 1 heterocycles. The van der Waals surface area contributed by atoms with Gasteiger partial charge in [0, 0.05) is 11.0 Å². The van der Waals surface area contributed by atoms with Gasteiger partial charge in [-0.05, 0) is 34.1 Å². The predicted octanol–water partition coefficient (Wildman–Crippen LogP) is 2.30. The Morgan fingerprint density at radius 1 is 1.52 bits per heavy atom. The number of ether oxygens (including phenoxy) is 1. The Morgan fingerprint density at radius 2 is 2.29 bits per heavy atom. The van der Waals surface area contributed by atoms with Gasteiger partial charge in [-0.15, -0.1) is 0 Å². The van der Waals surface area contributed by atoms with E-state index in [9.17, 15) is 14.0 Å². The molecule has 0 bridgehead atoms. The van der Waals surface area contributed by atoms with Crippen molar-refractivity contribution in [2.45, 2.75) is 12.5 Å². The Bertz CT molecular complexity index is 555. The minimum Gasteiger partial charge on any atom is -0.481 e. The molecule has 1 atom stereocenters. The number of nitrogens with zero attached hydrogens (tertiary/aromatic N) is 1. The highest BCUT2D eigenvalue weighted by atomic mass is 79.9. The molecule has 8 heteroatoms. The molecule has 1 aliphatic heterocycles. The maximum Gasteiger partial charge on any atom is 0.322 e. The molecule has 1 aliphatic rings. The van der Waals surface area contributed by atoms with E-state index in [1.807, 2.05) is 0 Å². The first-order chi connectivity index (χ1) is 9.97. The van der Waals surface area contributed by atoms with Crippen LogP contribution in [-0.2, 0) is 9.53 Å².